The SMILES string of the molecule is CCC(C)N(C)CCC(O)c1cccc(Cl)c1Cl. The molecule has 102 valence electrons. The van der Waals surface area contributed by atoms with E-state index in [1.807, 2.05) is 12.1 Å². The summed E-state index contributed by atoms with van der Waals surface area (Å²) in [7, 11) is 2.07. The summed E-state index contributed by atoms with van der Waals surface area (Å²) in [4.78, 5) is 2.24. The zero-order valence-corrected chi connectivity index (χ0v) is 12.7. The van der Waals surface area contributed by atoms with Gasteiger partial charge in [0, 0.05) is 18.2 Å². The first-order chi connectivity index (χ1) is 8.47. The summed E-state index contributed by atoms with van der Waals surface area (Å²) >= 11 is 12.0. The van der Waals surface area contributed by atoms with Crippen LogP contribution in [0.15, 0.2) is 18.2 Å². The average Bonchev–Trinajstić information content (AvgIpc) is 2.37. The van der Waals surface area contributed by atoms with E-state index in [-0.39, 0.29) is 0 Å². The van der Waals surface area contributed by atoms with Crippen LogP contribution >= 0.6 is 23.2 Å². The maximum Gasteiger partial charge on any atom is 0.0817 e. The Bertz CT molecular complexity index is 384. The van der Waals surface area contributed by atoms with Crippen molar-refractivity contribution in [1.29, 1.82) is 0 Å². The second-order valence-electron chi connectivity index (χ2n) is 4.69. The normalized spacial score (nSPS) is 14.8. The van der Waals surface area contributed by atoms with Crippen molar-refractivity contribution in [2.24, 2.45) is 0 Å². The Morgan fingerprint density at radius 3 is 2.61 bits per heavy atom. The van der Waals surface area contributed by atoms with Gasteiger partial charge in [-0.25, -0.2) is 0 Å². The minimum atomic E-state index is -0.567. The third-order valence-corrected chi connectivity index (χ3v) is 4.27. The van der Waals surface area contributed by atoms with Crippen LogP contribution in [0, 0.1) is 0 Å². The van der Waals surface area contributed by atoms with Gasteiger partial charge in [0.25, 0.3) is 0 Å². The number of halogens is 2. The minimum Gasteiger partial charge on any atom is -0.388 e. The molecule has 1 aromatic rings. The second-order valence-corrected chi connectivity index (χ2v) is 5.47. The number of hydrogen-bond acceptors (Lipinski definition) is 2. The molecule has 0 aliphatic heterocycles. The van der Waals surface area contributed by atoms with Crippen molar-refractivity contribution in [3.63, 3.8) is 0 Å². The molecule has 0 aliphatic carbocycles. The van der Waals surface area contributed by atoms with Crippen molar-refractivity contribution in [1.82, 2.24) is 4.90 Å². The van der Waals surface area contributed by atoms with Gasteiger partial charge in [0.15, 0.2) is 0 Å². The molecule has 0 saturated heterocycles. The van der Waals surface area contributed by atoms with E-state index >= 15 is 0 Å². The molecular weight excluding hydrogens is 269 g/mol. The molecule has 1 rings (SSSR count). The van der Waals surface area contributed by atoms with Gasteiger partial charge in [-0.05, 0) is 32.9 Å². The first-order valence-corrected chi connectivity index (χ1v) is 7.05. The molecule has 0 fully saturated rings. The molecular formula is C14H21Cl2NO. The van der Waals surface area contributed by atoms with E-state index in [1.54, 1.807) is 6.07 Å². The van der Waals surface area contributed by atoms with Crippen LogP contribution in [0.1, 0.15) is 38.4 Å². The molecule has 18 heavy (non-hydrogen) atoms. The summed E-state index contributed by atoms with van der Waals surface area (Å²) in [6.07, 6.45) is 1.19. The quantitative estimate of drug-likeness (QED) is 0.851. The highest BCUT2D eigenvalue weighted by atomic mass is 35.5. The lowest BCUT2D eigenvalue weighted by atomic mass is 10.1. The zero-order chi connectivity index (χ0) is 13.7. The Labute approximate surface area is 120 Å². The standard InChI is InChI=1S/C14H21Cl2NO/c1-4-10(2)17(3)9-8-13(18)11-6-5-7-12(15)14(11)16/h5-7,10,13,18H,4,8-9H2,1-3H3. The Morgan fingerprint density at radius 2 is 2.00 bits per heavy atom. The van der Waals surface area contributed by atoms with E-state index in [1.165, 1.54) is 0 Å². The van der Waals surface area contributed by atoms with Crippen molar-refractivity contribution in [3.8, 4) is 0 Å². The Morgan fingerprint density at radius 1 is 1.33 bits per heavy atom. The molecule has 1 N–H and O–H groups in total. The molecule has 0 amide bonds. The number of nitrogens with zero attached hydrogens (tertiary/aromatic N) is 1. The number of benzene rings is 1. The fourth-order valence-corrected chi connectivity index (χ4v) is 2.23. The van der Waals surface area contributed by atoms with Crippen molar-refractivity contribution < 1.29 is 5.11 Å². The van der Waals surface area contributed by atoms with Crippen molar-refractivity contribution >= 4 is 23.2 Å². The van der Waals surface area contributed by atoms with Gasteiger partial charge in [-0.15, -0.1) is 0 Å². The summed E-state index contributed by atoms with van der Waals surface area (Å²) in [6, 6.07) is 5.88. The molecule has 0 spiro atoms. The van der Waals surface area contributed by atoms with Crippen molar-refractivity contribution in [3.05, 3.63) is 33.8 Å². The molecule has 0 aliphatic rings. The highest BCUT2D eigenvalue weighted by molar-refractivity contribution is 6.42. The summed E-state index contributed by atoms with van der Waals surface area (Å²) in [5.41, 5.74) is 0.710. The van der Waals surface area contributed by atoms with E-state index in [2.05, 4.69) is 25.8 Å². The van der Waals surface area contributed by atoms with Crippen LogP contribution in [0.5, 0.6) is 0 Å². The Kier molecular flexibility index (Phi) is 6.44. The van der Waals surface area contributed by atoms with E-state index in [4.69, 9.17) is 23.2 Å². The monoisotopic (exact) mass is 289 g/mol. The van der Waals surface area contributed by atoms with Gasteiger partial charge >= 0.3 is 0 Å². The fourth-order valence-electron chi connectivity index (χ4n) is 1.79. The summed E-state index contributed by atoms with van der Waals surface area (Å²) in [6.45, 7) is 5.17. The molecule has 2 atom stereocenters. The number of aliphatic hydroxyl groups is 1. The van der Waals surface area contributed by atoms with Crippen molar-refractivity contribution in [2.75, 3.05) is 13.6 Å². The average molecular weight is 290 g/mol. The Balaban J connectivity index is 2.60. The third kappa shape index (κ3) is 4.13. The fraction of sp³-hybridized carbons (Fsp3) is 0.571. The van der Waals surface area contributed by atoms with E-state index in [0.29, 0.717) is 28.1 Å². The van der Waals surface area contributed by atoms with Crippen LogP contribution in [-0.4, -0.2) is 29.6 Å². The molecule has 2 nitrogen and oxygen atoms in total. The minimum absolute atomic E-state index is 0.456. The first-order valence-electron chi connectivity index (χ1n) is 6.29. The van der Waals surface area contributed by atoms with Gasteiger partial charge in [0.1, 0.15) is 0 Å². The number of rotatable bonds is 6. The third-order valence-electron chi connectivity index (χ3n) is 3.44. The summed E-state index contributed by atoms with van der Waals surface area (Å²) in [5.74, 6) is 0. The van der Waals surface area contributed by atoms with Crippen LogP contribution in [0.3, 0.4) is 0 Å². The molecule has 0 bridgehead atoms. The van der Waals surface area contributed by atoms with Crippen LogP contribution in [0.25, 0.3) is 0 Å². The van der Waals surface area contributed by atoms with Crippen molar-refractivity contribution in [2.45, 2.75) is 38.8 Å². The summed E-state index contributed by atoms with van der Waals surface area (Å²) < 4.78 is 0. The maximum absolute atomic E-state index is 10.2. The molecule has 1 aromatic carbocycles. The van der Waals surface area contributed by atoms with E-state index in [9.17, 15) is 5.11 Å². The Hall–Kier alpha value is -0.280. The molecule has 2 unspecified atom stereocenters. The lowest BCUT2D eigenvalue weighted by molar-refractivity contribution is 0.138. The van der Waals surface area contributed by atoms with E-state index in [0.717, 1.165) is 13.0 Å². The first kappa shape index (κ1) is 15.8. The highest BCUT2D eigenvalue weighted by Crippen LogP contribution is 2.31. The predicted molar refractivity (Wildman–Crippen MR) is 78.4 cm³/mol. The topological polar surface area (TPSA) is 23.5 Å². The van der Waals surface area contributed by atoms with Gasteiger partial charge < -0.3 is 10.0 Å². The molecule has 0 radical (unpaired) electrons. The van der Waals surface area contributed by atoms with Crippen LogP contribution in [0.2, 0.25) is 10.0 Å². The number of aliphatic hydroxyl groups excluding tert-OH is 1. The maximum atomic E-state index is 10.2. The van der Waals surface area contributed by atoms with Gasteiger partial charge in [-0.3, -0.25) is 0 Å². The lowest BCUT2D eigenvalue weighted by Gasteiger charge is -2.25. The van der Waals surface area contributed by atoms with Crippen LogP contribution < -0.4 is 0 Å². The zero-order valence-electron chi connectivity index (χ0n) is 11.2. The lowest BCUT2D eigenvalue weighted by Crippen LogP contribution is -2.30. The van der Waals surface area contributed by atoms with E-state index < -0.39 is 6.10 Å². The van der Waals surface area contributed by atoms with Crippen LogP contribution in [-0.2, 0) is 0 Å². The van der Waals surface area contributed by atoms with Gasteiger partial charge in [-0.2, -0.15) is 0 Å². The summed E-state index contributed by atoms with van der Waals surface area (Å²) in [5, 5.41) is 11.1. The molecule has 0 aromatic heterocycles. The molecule has 0 heterocycles. The largest absolute Gasteiger partial charge is 0.388 e. The number of hydrogen-bond donors (Lipinski definition) is 1. The van der Waals surface area contributed by atoms with Gasteiger partial charge in [-0.1, -0.05) is 42.3 Å². The highest BCUT2D eigenvalue weighted by Gasteiger charge is 2.15. The van der Waals surface area contributed by atoms with Gasteiger partial charge in [0.2, 0.25) is 0 Å². The smallest absolute Gasteiger partial charge is 0.0817 e. The van der Waals surface area contributed by atoms with Gasteiger partial charge in [0.05, 0.1) is 16.1 Å². The second kappa shape index (κ2) is 7.34. The molecule has 0 saturated carbocycles. The molecule has 4 heteroatoms. The van der Waals surface area contributed by atoms with Crippen LogP contribution in [0.4, 0.5) is 0 Å². The predicted octanol–water partition coefficient (Wildman–Crippen LogP) is 4.15.